The minimum absolute atomic E-state index is 0.295. The van der Waals surface area contributed by atoms with Gasteiger partial charge in [0.15, 0.2) is 0 Å². The number of carbonyl (C=O) groups excluding carboxylic acids is 1. The van der Waals surface area contributed by atoms with Crippen LogP contribution in [0.4, 0.5) is 5.69 Å². The van der Waals surface area contributed by atoms with E-state index in [1.807, 2.05) is 26.0 Å². The number of rotatable bonds is 5. The molecule has 1 aliphatic carbocycles. The lowest BCUT2D eigenvalue weighted by molar-refractivity contribution is -0.105. The third-order valence-corrected chi connectivity index (χ3v) is 4.86. The van der Waals surface area contributed by atoms with E-state index in [-0.39, 0.29) is 0 Å². The first-order valence-electron chi connectivity index (χ1n) is 8.48. The third kappa shape index (κ3) is 4.03. The molecule has 0 atom stereocenters. The highest BCUT2D eigenvalue weighted by Gasteiger charge is 2.23. The van der Waals surface area contributed by atoms with Crippen molar-refractivity contribution in [3.8, 4) is 0 Å². The number of nitrogens with two attached hydrogens (primary N) is 2. The van der Waals surface area contributed by atoms with E-state index in [4.69, 9.17) is 11.5 Å². The highest BCUT2D eigenvalue weighted by atomic mass is 16.1. The van der Waals surface area contributed by atoms with Gasteiger partial charge < -0.3 is 16.8 Å². The van der Waals surface area contributed by atoms with Crippen molar-refractivity contribution in [3.63, 3.8) is 0 Å². The molecule has 1 fully saturated rings. The summed E-state index contributed by atoms with van der Waals surface area (Å²) < 4.78 is 0. The average molecular weight is 328 g/mol. The first kappa shape index (κ1) is 18.2. The molecule has 0 aromatic heterocycles. The summed E-state index contributed by atoms with van der Waals surface area (Å²) >= 11 is 0. The van der Waals surface area contributed by atoms with Crippen molar-refractivity contribution in [1.82, 2.24) is 0 Å². The fraction of sp³-hybridized carbons (Fsp3) is 0.474. The number of aliphatic imine (C=N–C) groups is 1. The van der Waals surface area contributed by atoms with Gasteiger partial charge in [-0.3, -0.25) is 9.79 Å². The van der Waals surface area contributed by atoms with Crippen LogP contribution < -0.4 is 16.8 Å². The molecule has 0 unspecified atom stereocenters. The fourth-order valence-corrected chi connectivity index (χ4v) is 3.51. The average Bonchev–Trinajstić information content (AvgIpc) is 2.56. The SMILES string of the molecule is CN=C(C)C(=C(C)N)c1ccc(NC=O)c(C2CCC(N)CC2)c1. The minimum atomic E-state index is 0.295. The Morgan fingerprint density at radius 2 is 1.92 bits per heavy atom. The van der Waals surface area contributed by atoms with Crippen molar-refractivity contribution in [3.05, 3.63) is 35.0 Å². The van der Waals surface area contributed by atoms with E-state index in [9.17, 15) is 4.79 Å². The second-order valence-corrected chi connectivity index (χ2v) is 6.54. The number of benzene rings is 1. The van der Waals surface area contributed by atoms with Crippen molar-refractivity contribution in [2.45, 2.75) is 51.5 Å². The number of hydrogen-bond donors (Lipinski definition) is 3. The van der Waals surface area contributed by atoms with Gasteiger partial charge in [0.25, 0.3) is 0 Å². The van der Waals surface area contributed by atoms with Gasteiger partial charge in [0.05, 0.1) is 0 Å². The molecule has 1 aliphatic rings. The number of hydrogen-bond acceptors (Lipinski definition) is 4. The zero-order chi connectivity index (χ0) is 17.7. The predicted molar refractivity (Wildman–Crippen MR) is 101 cm³/mol. The molecular formula is C19H28N4O. The van der Waals surface area contributed by atoms with Gasteiger partial charge in [-0.1, -0.05) is 6.07 Å². The van der Waals surface area contributed by atoms with Crippen LogP contribution >= 0.6 is 0 Å². The normalized spacial score (nSPS) is 22.8. The van der Waals surface area contributed by atoms with Crippen LogP contribution in [0.15, 0.2) is 28.9 Å². The summed E-state index contributed by atoms with van der Waals surface area (Å²) in [6.07, 6.45) is 4.85. The molecule has 0 bridgehead atoms. The molecule has 1 saturated carbocycles. The molecular weight excluding hydrogens is 300 g/mol. The number of nitrogens with zero attached hydrogens (tertiary/aromatic N) is 1. The first-order valence-corrected chi connectivity index (χ1v) is 8.48. The molecule has 0 saturated heterocycles. The van der Waals surface area contributed by atoms with Crippen LogP contribution in [0, 0.1) is 0 Å². The standard InChI is InChI=1S/C19H28N4O/c1-12(20)19(13(2)22-3)15-6-9-18(23-11-24)17(10-15)14-4-7-16(21)8-5-14/h6,9-11,14,16H,4-5,7-8,20-21H2,1-3H3,(H,23,24). The van der Waals surface area contributed by atoms with Crippen LogP contribution in [0.1, 0.15) is 56.6 Å². The Kier molecular flexibility index (Phi) is 6.15. The summed E-state index contributed by atoms with van der Waals surface area (Å²) in [5, 5.41) is 2.83. The Hall–Kier alpha value is -2.14. The molecule has 1 aromatic carbocycles. The number of amides is 1. The van der Waals surface area contributed by atoms with Gasteiger partial charge in [-0.15, -0.1) is 0 Å². The second-order valence-electron chi connectivity index (χ2n) is 6.54. The van der Waals surface area contributed by atoms with E-state index in [1.165, 1.54) is 0 Å². The second kappa shape index (κ2) is 8.11. The van der Waals surface area contributed by atoms with Gasteiger partial charge in [0.1, 0.15) is 0 Å². The summed E-state index contributed by atoms with van der Waals surface area (Å²) in [5.41, 5.74) is 17.8. The van der Waals surface area contributed by atoms with E-state index in [2.05, 4.69) is 16.4 Å². The van der Waals surface area contributed by atoms with E-state index < -0.39 is 0 Å². The lowest BCUT2D eigenvalue weighted by Crippen LogP contribution is -2.26. The predicted octanol–water partition coefficient (Wildman–Crippen LogP) is 3.02. The van der Waals surface area contributed by atoms with Gasteiger partial charge in [0, 0.05) is 35.8 Å². The van der Waals surface area contributed by atoms with Crippen LogP contribution in [-0.4, -0.2) is 25.2 Å². The molecule has 0 aliphatic heterocycles. The van der Waals surface area contributed by atoms with Gasteiger partial charge in [-0.05, 0) is 68.7 Å². The molecule has 5 heteroatoms. The summed E-state index contributed by atoms with van der Waals surface area (Å²) in [6.45, 7) is 3.85. The fourth-order valence-electron chi connectivity index (χ4n) is 3.51. The molecule has 5 N–H and O–H groups in total. The number of anilines is 1. The van der Waals surface area contributed by atoms with Crippen molar-refractivity contribution in [1.29, 1.82) is 0 Å². The Bertz CT molecular complexity index is 651. The van der Waals surface area contributed by atoms with E-state index >= 15 is 0 Å². The summed E-state index contributed by atoms with van der Waals surface area (Å²) in [6, 6.07) is 6.39. The summed E-state index contributed by atoms with van der Waals surface area (Å²) in [5.74, 6) is 0.408. The minimum Gasteiger partial charge on any atom is -0.402 e. The molecule has 0 heterocycles. The van der Waals surface area contributed by atoms with Crippen LogP contribution in [0.5, 0.6) is 0 Å². The maximum absolute atomic E-state index is 11.0. The quantitative estimate of drug-likeness (QED) is 0.573. The zero-order valence-electron chi connectivity index (χ0n) is 14.8. The molecule has 1 amide bonds. The highest BCUT2D eigenvalue weighted by molar-refractivity contribution is 6.23. The van der Waals surface area contributed by atoms with Crippen LogP contribution in [0.25, 0.3) is 5.57 Å². The Labute approximate surface area is 144 Å². The Morgan fingerprint density at radius 3 is 2.46 bits per heavy atom. The van der Waals surface area contributed by atoms with Gasteiger partial charge >= 0.3 is 0 Å². The zero-order valence-corrected chi connectivity index (χ0v) is 14.8. The lowest BCUT2D eigenvalue weighted by Gasteiger charge is -2.28. The smallest absolute Gasteiger partial charge is 0.211 e. The first-order chi connectivity index (χ1) is 11.5. The van der Waals surface area contributed by atoms with Crippen LogP contribution in [0.2, 0.25) is 0 Å². The molecule has 130 valence electrons. The van der Waals surface area contributed by atoms with E-state index in [0.29, 0.717) is 12.0 Å². The molecule has 0 spiro atoms. The monoisotopic (exact) mass is 328 g/mol. The largest absolute Gasteiger partial charge is 0.402 e. The molecule has 1 aromatic rings. The van der Waals surface area contributed by atoms with Gasteiger partial charge in [-0.2, -0.15) is 0 Å². The van der Waals surface area contributed by atoms with Crippen LogP contribution in [0.3, 0.4) is 0 Å². The maximum atomic E-state index is 11.0. The molecule has 5 nitrogen and oxygen atoms in total. The maximum Gasteiger partial charge on any atom is 0.211 e. The lowest BCUT2D eigenvalue weighted by atomic mass is 9.80. The van der Waals surface area contributed by atoms with Crippen molar-refractivity contribution in [2.75, 3.05) is 12.4 Å². The Morgan fingerprint density at radius 1 is 1.25 bits per heavy atom. The molecule has 0 radical (unpaired) electrons. The van der Waals surface area contributed by atoms with Crippen molar-refractivity contribution < 1.29 is 4.79 Å². The number of carbonyl (C=O) groups is 1. The van der Waals surface area contributed by atoms with Gasteiger partial charge in [-0.25, -0.2) is 0 Å². The van der Waals surface area contributed by atoms with E-state index in [1.54, 1.807) is 7.05 Å². The van der Waals surface area contributed by atoms with Crippen molar-refractivity contribution >= 4 is 23.4 Å². The van der Waals surface area contributed by atoms with Crippen molar-refractivity contribution in [2.24, 2.45) is 16.5 Å². The van der Waals surface area contributed by atoms with Crippen LogP contribution in [-0.2, 0) is 4.79 Å². The number of nitrogens with one attached hydrogen (secondary N) is 1. The summed E-state index contributed by atoms with van der Waals surface area (Å²) in [4.78, 5) is 15.3. The Balaban J connectivity index is 2.48. The van der Waals surface area contributed by atoms with E-state index in [0.717, 1.165) is 65.9 Å². The summed E-state index contributed by atoms with van der Waals surface area (Å²) in [7, 11) is 1.77. The molecule has 24 heavy (non-hydrogen) atoms. The third-order valence-electron chi connectivity index (χ3n) is 4.86. The molecule has 2 rings (SSSR count). The number of allylic oxidation sites excluding steroid dienone is 2. The highest BCUT2D eigenvalue weighted by Crippen LogP contribution is 2.37. The topological polar surface area (TPSA) is 93.5 Å². The van der Waals surface area contributed by atoms with Gasteiger partial charge in [0.2, 0.25) is 6.41 Å².